The van der Waals surface area contributed by atoms with Gasteiger partial charge < -0.3 is 9.84 Å². The first-order valence-electron chi connectivity index (χ1n) is 9.86. The topological polar surface area (TPSA) is 66.8 Å². The van der Waals surface area contributed by atoms with Crippen LogP contribution < -0.4 is 4.74 Å². The van der Waals surface area contributed by atoms with Crippen molar-refractivity contribution in [3.63, 3.8) is 0 Å². The molecule has 5 heteroatoms. The maximum Gasteiger partial charge on any atom is 0.174 e. The van der Waals surface area contributed by atoms with Crippen molar-refractivity contribution >= 4 is 12.1 Å². The molecule has 2 aliphatic heterocycles. The minimum absolute atomic E-state index is 0.0385. The van der Waals surface area contributed by atoms with Gasteiger partial charge in [0.05, 0.1) is 16.6 Å². The van der Waals surface area contributed by atoms with Crippen LogP contribution in [0.15, 0.2) is 12.1 Å². The first-order chi connectivity index (χ1) is 12.6. The summed E-state index contributed by atoms with van der Waals surface area (Å²) in [7, 11) is 0. The highest BCUT2D eigenvalue weighted by atomic mass is 16.5. The number of aliphatic hydroxyl groups is 1. The summed E-state index contributed by atoms with van der Waals surface area (Å²) in [6.07, 6.45) is 5.12. The van der Waals surface area contributed by atoms with Gasteiger partial charge in [-0.3, -0.25) is 14.5 Å². The quantitative estimate of drug-likeness (QED) is 0.837. The molecule has 0 unspecified atom stereocenters. The van der Waals surface area contributed by atoms with Crippen LogP contribution in [0.3, 0.4) is 0 Å². The van der Waals surface area contributed by atoms with Gasteiger partial charge in [0.2, 0.25) is 0 Å². The third kappa shape index (κ3) is 1.61. The summed E-state index contributed by atoms with van der Waals surface area (Å²) in [5.74, 6) is 1.40. The number of ketones is 1. The number of hydrogen-bond donors (Lipinski definition) is 1. The third-order valence-corrected chi connectivity index (χ3v) is 7.74. The van der Waals surface area contributed by atoms with E-state index in [0.717, 1.165) is 49.3 Å². The number of piperidine rings is 1. The highest BCUT2D eigenvalue weighted by Crippen LogP contribution is 2.63. The van der Waals surface area contributed by atoms with Gasteiger partial charge in [-0.15, -0.1) is 0 Å². The van der Waals surface area contributed by atoms with Gasteiger partial charge in [-0.25, -0.2) is 0 Å². The number of carbonyl (C=O) groups excluding carboxylic acids is 2. The Morgan fingerprint density at radius 2 is 2.15 bits per heavy atom. The summed E-state index contributed by atoms with van der Waals surface area (Å²) in [5, 5.41) is 12.0. The first-order valence-corrected chi connectivity index (χ1v) is 9.86. The van der Waals surface area contributed by atoms with E-state index in [1.165, 1.54) is 12.8 Å². The van der Waals surface area contributed by atoms with Crippen LogP contribution in [0.4, 0.5) is 0 Å². The van der Waals surface area contributed by atoms with Crippen LogP contribution in [0.1, 0.15) is 53.6 Å². The van der Waals surface area contributed by atoms with E-state index in [0.29, 0.717) is 24.2 Å². The summed E-state index contributed by atoms with van der Waals surface area (Å²) >= 11 is 0. The highest BCUT2D eigenvalue weighted by Gasteiger charge is 2.73. The molecule has 2 heterocycles. The normalized spacial score (nSPS) is 40.1. The predicted octanol–water partition coefficient (Wildman–Crippen LogP) is 1.63. The van der Waals surface area contributed by atoms with E-state index in [1.807, 2.05) is 12.1 Å². The molecule has 0 amide bonds. The number of Topliss-reactive ketones (excluding diaryl/α,β-unsaturated/α-hetero) is 1. The van der Waals surface area contributed by atoms with Crippen LogP contribution in [0.25, 0.3) is 0 Å². The zero-order chi connectivity index (χ0) is 17.7. The molecule has 6 rings (SSSR count). The van der Waals surface area contributed by atoms with Crippen LogP contribution in [0.2, 0.25) is 0 Å². The second kappa shape index (κ2) is 4.76. The minimum Gasteiger partial charge on any atom is -0.481 e. The van der Waals surface area contributed by atoms with Gasteiger partial charge in [-0.1, -0.05) is 6.07 Å². The summed E-state index contributed by atoms with van der Waals surface area (Å²) < 4.78 is 6.15. The molecule has 1 aromatic carbocycles. The van der Waals surface area contributed by atoms with Crippen molar-refractivity contribution in [2.75, 3.05) is 13.1 Å². The largest absolute Gasteiger partial charge is 0.481 e. The molecule has 0 aromatic heterocycles. The lowest BCUT2D eigenvalue weighted by atomic mass is 9.49. The van der Waals surface area contributed by atoms with Crippen molar-refractivity contribution in [2.45, 2.75) is 61.7 Å². The minimum atomic E-state index is -0.946. The monoisotopic (exact) mass is 353 g/mol. The fourth-order valence-corrected chi connectivity index (χ4v) is 6.39. The Morgan fingerprint density at radius 1 is 1.31 bits per heavy atom. The molecule has 4 atom stereocenters. The van der Waals surface area contributed by atoms with Crippen LogP contribution >= 0.6 is 0 Å². The van der Waals surface area contributed by atoms with Crippen molar-refractivity contribution < 1.29 is 19.4 Å². The molecule has 1 N–H and O–H groups in total. The lowest BCUT2D eigenvalue weighted by Crippen LogP contribution is -2.76. The third-order valence-electron chi connectivity index (χ3n) is 7.74. The van der Waals surface area contributed by atoms with Crippen molar-refractivity contribution in [3.8, 4) is 5.75 Å². The Hall–Kier alpha value is -1.72. The maximum atomic E-state index is 12.8. The molecule has 2 bridgehead atoms. The zero-order valence-corrected chi connectivity index (χ0v) is 14.7. The second-order valence-corrected chi connectivity index (χ2v) is 8.90. The van der Waals surface area contributed by atoms with E-state index < -0.39 is 17.1 Å². The molecule has 2 saturated carbocycles. The van der Waals surface area contributed by atoms with Gasteiger partial charge >= 0.3 is 0 Å². The Kier molecular flexibility index (Phi) is 2.81. The average Bonchev–Trinajstić information content (AvgIpc) is 3.37. The summed E-state index contributed by atoms with van der Waals surface area (Å²) in [4.78, 5) is 26.8. The number of carbonyl (C=O) groups is 2. The standard InChI is InChI=1S/C21H23NO4/c23-11-14-4-3-13-9-16-21(25)6-5-15(24)19-20(21,17(13)18(14)26-19)7-8-22(16)10-12-1-2-12/h3-4,11-12,16,19,25H,1-2,5-10H2/t16-,19+,20+,21-/m1/s1. The molecule has 1 saturated heterocycles. The molecule has 5 aliphatic rings. The molecule has 3 aliphatic carbocycles. The summed E-state index contributed by atoms with van der Waals surface area (Å²) in [6, 6.07) is 3.87. The van der Waals surface area contributed by atoms with E-state index in [1.54, 1.807) is 0 Å². The van der Waals surface area contributed by atoms with E-state index in [4.69, 9.17) is 4.74 Å². The number of likely N-dealkylation sites (tertiary alicyclic amines) is 1. The highest BCUT2D eigenvalue weighted by molar-refractivity contribution is 5.91. The van der Waals surface area contributed by atoms with E-state index in [2.05, 4.69) is 4.90 Å². The molecule has 26 heavy (non-hydrogen) atoms. The van der Waals surface area contributed by atoms with E-state index in [9.17, 15) is 14.7 Å². The van der Waals surface area contributed by atoms with Crippen molar-refractivity contribution in [1.29, 1.82) is 0 Å². The summed E-state index contributed by atoms with van der Waals surface area (Å²) in [5.41, 5.74) is 0.998. The smallest absolute Gasteiger partial charge is 0.174 e. The van der Waals surface area contributed by atoms with Crippen LogP contribution in [0, 0.1) is 5.92 Å². The van der Waals surface area contributed by atoms with Crippen molar-refractivity contribution in [1.82, 2.24) is 4.90 Å². The summed E-state index contributed by atoms with van der Waals surface area (Å²) in [6.45, 7) is 1.94. The first kappa shape index (κ1) is 15.3. The van der Waals surface area contributed by atoms with Crippen molar-refractivity contribution in [3.05, 3.63) is 28.8 Å². The van der Waals surface area contributed by atoms with Gasteiger partial charge in [0.1, 0.15) is 5.75 Å². The molecule has 3 fully saturated rings. The van der Waals surface area contributed by atoms with Crippen LogP contribution in [0.5, 0.6) is 5.75 Å². The fraction of sp³-hybridized carbons (Fsp3) is 0.619. The lowest BCUT2D eigenvalue weighted by Gasteiger charge is -2.62. The van der Waals surface area contributed by atoms with Gasteiger partial charge in [0, 0.05) is 24.6 Å². The number of rotatable bonds is 3. The zero-order valence-electron chi connectivity index (χ0n) is 14.7. The molecule has 1 spiro atoms. The molecule has 5 nitrogen and oxygen atoms in total. The van der Waals surface area contributed by atoms with E-state index >= 15 is 0 Å². The number of ether oxygens (including phenoxy) is 1. The molecular formula is C21H23NO4. The lowest BCUT2D eigenvalue weighted by molar-refractivity contribution is -0.188. The maximum absolute atomic E-state index is 12.8. The predicted molar refractivity (Wildman–Crippen MR) is 93.5 cm³/mol. The van der Waals surface area contributed by atoms with Gasteiger partial charge in [0.15, 0.2) is 18.2 Å². The molecule has 136 valence electrons. The fourth-order valence-electron chi connectivity index (χ4n) is 6.39. The van der Waals surface area contributed by atoms with Crippen LogP contribution in [-0.2, 0) is 16.6 Å². The number of aldehydes is 1. The van der Waals surface area contributed by atoms with Gasteiger partial charge in [-0.05, 0) is 56.2 Å². The molecule has 0 radical (unpaired) electrons. The number of nitrogens with zero attached hydrogens (tertiary/aromatic N) is 1. The number of benzene rings is 1. The second-order valence-electron chi connectivity index (χ2n) is 8.90. The Bertz CT molecular complexity index is 847. The van der Waals surface area contributed by atoms with Gasteiger partial charge in [0.25, 0.3) is 0 Å². The Balaban J connectivity index is 1.58. The molecule has 1 aromatic rings. The Labute approximate surface area is 152 Å². The molecular weight excluding hydrogens is 330 g/mol. The average molecular weight is 353 g/mol. The van der Waals surface area contributed by atoms with E-state index in [-0.39, 0.29) is 11.8 Å². The van der Waals surface area contributed by atoms with Gasteiger partial charge in [-0.2, -0.15) is 0 Å². The Morgan fingerprint density at radius 3 is 2.92 bits per heavy atom. The van der Waals surface area contributed by atoms with Crippen LogP contribution in [-0.4, -0.2) is 52.9 Å². The number of hydrogen-bond acceptors (Lipinski definition) is 5. The SMILES string of the molecule is O=Cc1ccc2c3c1O[C@H]1C(=O)CC[C@@]4(O)[C@@H](C2)N(CC2CC2)CC[C@]314. The van der Waals surface area contributed by atoms with Crippen molar-refractivity contribution in [2.24, 2.45) is 5.92 Å².